The van der Waals surface area contributed by atoms with E-state index in [0.29, 0.717) is 6.61 Å². The molecule has 0 unspecified atom stereocenters. The summed E-state index contributed by atoms with van der Waals surface area (Å²) in [5.41, 5.74) is 3.74. The molecule has 0 fully saturated rings. The van der Waals surface area contributed by atoms with Gasteiger partial charge in [-0.05, 0) is 37.5 Å². The average Bonchev–Trinajstić information content (AvgIpc) is 2.97. The average molecular weight is 276 g/mol. The first kappa shape index (κ1) is 13.5. The predicted molar refractivity (Wildman–Crippen MR) is 76.1 cm³/mol. The van der Waals surface area contributed by atoms with Crippen molar-refractivity contribution in [2.45, 2.75) is 26.4 Å². The van der Waals surface area contributed by atoms with Gasteiger partial charge in [0.25, 0.3) is 0 Å². The van der Waals surface area contributed by atoms with Gasteiger partial charge in [-0.15, -0.1) is 11.3 Å². The standard InChI is InChI=1S/C14H16N2O2S/c1-11(16-17)2-3-12-4-6-13(7-5-12)18-9-14-8-15-10-19-14/h4-8,10,17H,2-3,9H2,1H3/b16-11-. The summed E-state index contributed by atoms with van der Waals surface area (Å²) < 4.78 is 5.66. The van der Waals surface area contributed by atoms with E-state index >= 15 is 0 Å². The Kier molecular flexibility index (Phi) is 4.92. The highest BCUT2D eigenvalue weighted by Crippen LogP contribution is 2.16. The third kappa shape index (κ3) is 4.37. The van der Waals surface area contributed by atoms with Crippen LogP contribution in [-0.2, 0) is 13.0 Å². The van der Waals surface area contributed by atoms with E-state index in [2.05, 4.69) is 10.1 Å². The van der Waals surface area contributed by atoms with Gasteiger partial charge in [0, 0.05) is 6.20 Å². The Morgan fingerprint density at radius 1 is 1.37 bits per heavy atom. The molecule has 0 aliphatic carbocycles. The fourth-order valence-corrected chi connectivity index (χ4v) is 2.10. The van der Waals surface area contributed by atoms with Crippen molar-refractivity contribution in [1.29, 1.82) is 0 Å². The van der Waals surface area contributed by atoms with Gasteiger partial charge in [0.15, 0.2) is 0 Å². The number of nitrogens with zero attached hydrogens (tertiary/aromatic N) is 2. The van der Waals surface area contributed by atoms with Crippen molar-refractivity contribution in [3.63, 3.8) is 0 Å². The molecule has 0 bridgehead atoms. The maximum Gasteiger partial charge on any atom is 0.124 e. The van der Waals surface area contributed by atoms with E-state index in [9.17, 15) is 0 Å². The van der Waals surface area contributed by atoms with E-state index in [1.165, 1.54) is 5.56 Å². The van der Waals surface area contributed by atoms with Crippen LogP contribution < -0.4 is 4.74 Å². The highest BCUT2D eigenvalue weighted by Gasteiger charge is 1.99. The maximum absolute atomic E-state index is 8.58. The number of thiazole rings is 1. The number of hydrogen-bond donors (Lipinski definition) is 1. The first-order valence-electron chi connectivity index (χ1n) is 6.04. The van der Waals surface area contributed by atoms with Crippen LogP contribution in [0.2, 0.25) is 0 Å². The Labute approximate surface area is 116 Å². The zero-order valence-corrected chi connectivity index (χ0v) is 11.6. The molecule has 0 aliphatic rings. The zero-order chi connectivity index (χ0) is 13.5. The smallest absolute Gasteiger partial charge is 0.124 e. The summed E-state index contributed by atoms with van der Waals surface area (Å²) in [6, 6.07) is 7.99. The third-order valence-corrected chi connectivity index (χ3v) is 3.49. The molecule has 4 nitrogen and oxygen atoms in total. The van der Waals surface area contributed by atoms with Crippen LogP contribution in [0.1, 0.15) is 23.8 Å². The fraction of sp³-hybridized carbons (Fsp3) is 0.286. The lowest BCUT2D eigenvalue weighted by atomic mass is 10.1. The van der Waals surface area contributed by atoms with Crippen molar-refractivity contribution in [3.8, 4) is 5.75 Å². The summed E-state index contributed by atoms with van der Waals surface area (Å²) in [6.45, 7) is 2.37. The van der Waals surface area contributed by atoms with Gasteiger partial charge >= 0.3 is 0 Å². The number of aromatic nitrogens is 1. The Morgan fingerprint density at radius 3 is 2.79 bits per heavy atom. The van der Waals surface area contributed by atoms with Crippen molar-refractivity contribution in [2.75, 3.05) is 0 Å². The third-order valence-electron chi connectivity index (χ3n) is 2.73. The zero-order valence-electron chi connectivity index (χ0n) is 10.7. The Hall–Kier alpha value is -1.88. The lowest BCUT2D eigenvalue weighted by Gasteiger charge is -2.06. The first-order valence-corrected chi connectivity index (χ1v) is 6.92. The van der Waals surface area contributed by atoms with Crippen molar-refractivity contribution in [3.05, 3.63) is 46.4 Å². The number of oxime groups is 1. The maximum atomic E-state index is 8.58. The minimum atomic E-state index is 0.556. The van der Waals surface area contributed by atoms with E-state index in [1.807, 2.05) is 37.4 Å². The molecule has 1 aromatic heterocycles. The fourth-order valence-electron chi connectivity index (χ4n) is 1.60. The minimum Gasteiger partial charge on any atom is -0.488 e. The largest absolute Gasteiger partial charge is 0.488 e. The number of hydrogen-bond acceptors (Lipinski definition) is 5. The van der Waals surface area contributed by atoms with E-state index < -0.39 is 0 Å². The molecule has 2 aromatic rings. The second kappa shape index (κ2) is 6.89. The summed E-state index contributed by atoms with van der Waals surface area (Å²) >= 11 is 1.59. The van der Waals surface area contributed by atoms with Gasteiger partial charge < -0.3 is 9.94 Å². The lowest BCUT2D eigenvalue weighted by molar-refractivity contribution is 0.309. The molecule has 0 aliphatic heterocycles. The second-order valence-electron chi connectivity index (χ2n) is 4.24. The highest BCUT2D eigenvalue weighted by molar-refractivity contribution is 7.09. The van der Waals surface area contributed by atoms with Crippen LogP contribution in [0.25, 0.3) is 0 Å². The molecule has 1 aromatic carbocycles. The molecule has 0 radical (unpaired) electrons. The quantitative estimate of drug-likeness (QED) is 0.499. The SMILES string of the molecule is C/C(CCc1ccc(OCc2cncs2)cc1)=N/O. The van der Waals surface area contributed by atoms with Crippen LogP contribution >= 0.6 is 11.3 Å². The van der Waals surface area contributed by atoms with Crippen LogP contribution in [-0.4, -0.2) is 15.9 Å². The van der Waals surface area contributed by atoms with Crippen LogP contribution in [0.3, 0.4) is 0 Å². The molecule has 1 N–H and O–H groups in total. The highest BCUT2D eigenvalue weighted by atomic mass is 32.1. The van der Waals surface area contributed by atoms with Crippen LogP contribution in [0.5, 0.6) is 5.75 Å². The summed E-state index contributed by atoms with van der Waals surface area (Å²) in [5.74, 6) is 0.852. The van der Waals surface area contributed by atoms with Gasteiger partial charge in [-0.1, -0.05) is 17.3 Å². The summed E-state index contributed by atoms with van der Waals surface area (Å²) in [6.07, 6.45) is 3.44. The van der Waals surface area contributed by atoms with Crippen molar-refractivity contribution < 1.29 is 9.94 Å². The van der Waals surface area contributed by atoms with Gasteiger partial charge in [-0.25, -0.2) is 0 Å². The lowest BCUT2D eigenvalue weighted by Crippen LogP contribution is -1.96. The molecule has 2 rings (SSSR count). The van der Waals surface area contributed by atoms with Gasteiger partial charge in [-0.2, -0.15) is 0 Å². The van der Waals surface area contributed by atoms with Crippen molar-refractivity contribution in [1.82, 2.24) is 4.98 Å². The van der Waals surface area contributed by atoms with Crippen molar-refractivity contribution in [2.24, 2.45) is 5.16 Å². The van der Waals surface area contributed by atoms with E-state index in [-0.39, 0.29) is 0 Å². The Bertz CT molecular complexity index is 521. The molecular formula is C14H16N2O2S. The number of ether oxygens (including phenoxy) is 1. The van der Waals surface area contributed by atoms with Crippen molar-refractivity contribution >= 4 is 17.0 Å². The molecule has 0 saturated carbocycles. The molecule has 19 heavy (non-hydrogen) atoms. The minimum absolute atomic E-state index is 0.556. The molecular weight excluding hydrogens is 260 g/mol. The van der Waals surface area contributed by atoms with E-state index in [0.717, 1.165) is 29.2 Å². The Balaban J connectivity index is 1.84. The monoisotopic (exact) mass is 276 g/mol. The van der Waals surface area contributed by atoms with Gasteiger partial charge in [0.2, 0.25) is 0 Å². The molecule has 0 atom stereocenters. The normalized spacial score (nSPS) is 11.5. The molecule has 5 heteroatoms. The van der Waals surface area contributed by atoms with Crippen LogP contribution in [0.15, 0.2) is 41.1 Å². The predicted octanol–water partition coefficient (Wildman–Crippen LogP) is 3.50. The van der Waals surface area contributed by atoms with Crippen LogP contribution in [0, 0.1) is 0 Å². The molecule has 0 saturated heterocycles. The number of benzene rings is 1. The van der Waals surface area contributed by atoms with E-state index in [4.69, 9.17) is 9.94 Å². The molecule has 0 amide bonds. The summed E-state index contributed by atoms with van der Waals surface area (Å²) in [4.78, 5) is 5.11. The van der Waals surface area contributed by atoms with Gasteiger partial charge in [0.1, 0.15) is 12.4 Å². The van der Waals surface area contributed by atoms with Gasteiger partial charge in [0.05, 0.1) is 16.1 Å². The van der Waals surface area contributed by atoms with Gasteiger partial charge in [-0.3, -0.25) is 4.98 Å². The second-order valence-corrected chi connectivity index (χ2v) is 5.21. The first-order chi connectivity index (χ1) is 9.28. The number of rotatable bonds is 6. The van der Waals surface area contributed by atoms with E-state index in [1.54, 1.807) is 16.8 Å². The summed E-state index contributed by atoms with van der Waals surface area (Å²) in [5, 5.41) is 11.7. The Morgan fingerprint density at radius 2 is 2.16 bits per heavy atom. The number of aryl methyl sites for hydroxylation is 1. The molecule has 0 spiro atoms. The topological polar surface area (TPSA) is 54.7 Å². The van der Waals surface area contributed by atoms with Crippen LogP contribution in [0.4, 0.5) is 0 Å². The molecule has 100 valence electrons. The molecule has 1 heterocycles. The summed E-state index contributed by atoms with van der Waals surface area (Å²) in [7, 11) is 0.